The number of aliphatic hydroxyl groups is 3. The van der Waals surface area contributed by atoms with Crippen LogP contribution in [0.1, 0.15) is 158 Å². The van der Waals surface area contributed by atoms with Crippen LogP contribution in [-0.4, -0.2) is 129 Å². The molecule has 0 bridgehead atoms. The van der Waals surface area contributed by atoms with E-state index in [0.717, 1.165) is 102 Å². The SMILES string of the molecule is C.CC#CC(CC(=O)O)c1ccc(OCC2(COc3ccccc3)CC2)cc1.CC#CC(CC(=O)OC)c1ccc(O)cc1.CC#CC(CC(=O)OC)c1ccc(OCC2(CO)CC2)cc1.CC#CC(CC(=O)OC)c1ccc(OCC2(COc3ccccc3)CC2)cc1.OCC1(CO)CC1.Oc1ccccc1. The van der Waals surface area contributed by atoms with Crippen LogP contribution in [0.5, 0.6) is 40.2 Å². The number of methoxy groups -OCH3 is 3. The highest BCUT2D eigenvalue weighted by Crippen LogP contribution is 2.48. The number of carbonyl (C=O) groups excluding carboxylic acids is 3. The number of carbonyl (C=O) groups is 4. The van der Waals surface area contributed by atoms with Gasteiger partial charge >= 0.3 is 23.9 Å². The first-order valence-electron chi connectivity index (χ1n) is 35.8. The van der Waals surface area contributed by atoms with Gasteiger partial charge in [0.2, 0.25) is 0 Å². The van der Waals surface area contributed by atoms with Gasteiger partial charge in [-0.1, -0.05) is 134 Å². The minimum Gasteiger partial charge on any atom is -0.508 e. The maximum Gasteiger partial charge on any atom is 0.307 e. The molecule has 4 unspecified atom stereocenters. The number of benzene rings is 7. The van der Waals surface area contributed by atoms with Crippen molar-refractivity contribution in [3.63, 3.8) is 0 Å². The number of ether oxygens (including phenoxy) is 8. The van der Waals surface area contributed by atoms with E-state index in [1.807, 2.05) is 140 Å². The van der Waals surface area contributed by atoms with Crippen LogP contribution in [0, 0.1) is 69.0 Å². The van der Waals surface area contributed by atoms with Crippen LogP contribution in [0.15, 0.2) is 188 Å². The van der Waals surface area contributed by atoms with Gasteiger partial charge in [0.1, 0.15) is 40.2 Å². The molecule has 7 aromatic rings. The average molecular weight is 1480 g/mol. The van der Waals surface area contributed by atoms with Crippen LogP contribution in [0.3, 0.4) is 0 Å². The molecule has 4 aliphatic rings. The van der Waals surface area contributed by atoms with Crippen molar-refractivity contribution in [3.05, 3.63) is 210 Å². The van der Waals surface area contributed by atoms with Gasteiger partial charge in [0, 0.05) is 21.7 Å². The van der Waals surface area contributed by atoms with Crippen molar-refractivity contribution in [2.24, 2.45) is 21.7 Å². The molecule has 0 radical (unpaired) electrons. The third kappa shape index (κ3) is 32.1. The van der Waals surface area contributed by atoms with Crippen molar-refractivity contribution < 1.29 is 87.7 Å². The molecule has 108 heavy (non-hydrogen) atoms. The zero-order chi connectivity index (χ0) is 77.3. The number of aromatic hydroxyl groups is 2. The lowest BCUT2D eigenvalue weighted by atomic mass is 9.96. The second kappa shape index (κ2) is 46.3. The second-order valence-electron chi connectivity index (χ2n) is 26.9. The summed E-state index contributed by atoms with van der Waals surface area (Å²) in [6.45, 7) is 10.6. The number of rotatable bonds is 30. The third-order valence-corrected chi connectivity index (χ3v) is 18.4. The summed E-state index contributed by atoms with van der Waals surface area (Å²) in [5.41, 5.74) is 3.87. The minimum atomic E-state index is -0.850. The van der Waals surface area contributed by atoms with Crippen molar-refractivity contribution in [2.75, 3.05) is 74.2 Å². The molecule has 4 fully saturated rings. The van der Waals surface area contributed by atoms with E-state index in [4.69, 9.17) is 58.7 Å². The molecule has 0 amide bonds. The third-order valence-electron chi connectivity index (χ3n) is 18.4. The average Bonchev–Trinajstić information content (AvgIpc) is 1.63. The van der Waals surface area contributed by atoms with E-state index in [9.17, 15) is 24.3 Å². The number of phenolic OH excluding ortho intramolecular Hbond substituents is 2. The number of carboxylic acids is 1. The summed E-state index contributed by atoms with van der Waals surface area (Å²) in [5, 5.41) is 53.1. The van der Waals surface area contributed by atoms with Crippen molar-refractivity contribution in [2.45, 2.75) is 136 Å². The molecule has 0 heterocycles. The summed E-state index contributed by atoms with van der Waals surface area (Å²) in [5.74, 6) is 25.5. The first kappa shape index (κ1) is 87.8. The van der Waals surface area contributed by atoms with E-state index < -0.39 is 5.97 Å². The predicted octanol–water partition coefficient (Wildman–Crippen LogP) is 15.5. The summed E-state index contributed by atoms with van der Waals surface area (Å²) in [6.07, 6.45) is 9.20. The molecule has 18 heteroatoms. The topological polar surface area (TPSA) is 263 Å². The zero-order valence-electron chi connectivity index (χ0n) is 62.4. The van der Waals surface area contributed by atoms with Gasteiger partial charge in [-0.25, -0.2) is 0 Å². The van der Waals surface area contributed by atoms with E-state index in [1.54, 1.807) is 76.2 Å². The van der Waals surface area contributed by atoms with Gasteiger partial charge in [0.05, 0.1) is 124 Å². The van der Waals surface area contributed by atoms with Crippen molar-refractivity contribution in [1.29, 1.82) is 0 Å². The number of phenols is 2. The van der Waals surface area contributed by atoms with Gasteiger partial charge in [-0.2, -0.15) is 0 Å². The Morgan fingerprint density at radius 1 is 0.333 bits per heavy atom. The number of hydrogen-bond acceptors (Lipinski definition) is 17. The Balaban J connectivity index is 0.000000245. The minimum absolute atomic E-state index is 0. The van der Waals surface area contributed by atoms with E-state index in [-0.39, 0.29) is 122 Å². The van der Waals surface area contributed by atoms with Gasteiger partial charge in [0.15, 0.2) is 0 Å². The van der Waals surface area contributed by atoms with Crippen LogP contribution >= 0.6 is 0 Å². The normalized spacial score (nSPS) is 14.8. The number of para-hydroxylation sites is 3. The smallest absolute Gasteiger partial charge is 0.307 e. The van der Waals surface area contributed by atoms with Gasteiger partial charge in [0.25, 0.3) is 0 Å². The molecule has 6 N–H and O–H groups in total. The molecular formula is C90H106O18. The molecule has 7 aromatic carbocycles. The van der Waals surface area contributed by atoms with Crippen LogP contribution in [-0.2, 0) is 33.4 Å². The Morgan fingerprint density at radius 2 is 0.565 bits per heavy atom. The summed E-state index contributed by atoms with van der Waals surface area (Å²) < 4.78 is 43.6. The van der Waals surface area contributed by atoms with Gasteiger partial charge in [-0.15, -0.1) is 23.7 Å². The number of aliphatic carboxylic acids is 1. The fourth-order valence-electron chi connectivity index (χ4n) is 10.5. The molecule has 11 rings (SSSR count). The fraction of sp³-hybridized carbons (Fsp3) is 0.400. The van der Waals surface area contributed by atoms with E-state index in [2.05, 4.69) is 52.1 Å². The van der Waals surface area contributed by atoms with Crippen molar-refractivity contribution in [3.8, 4) is 87.6 Å². The Hall–Kier alpha value is -10.9. The van der Waals surface area contributed by atoms with E-state index in [0.29, 0.717) is 38.8 Å². The standard InChI is InChI=1S/C24H26O4.C23H24O4.C18H22O4.C13H14O3.C6H6O.C5H10O2.CH4/c1-3-7-20(16-23(25)26-2)19-10-12-22(13-11-19)28-18-24(14-15-24)17-27-21-8-5-4-6-9-21;1-2-6-19(15-22(24)25)18-9-11-21(12-10-18)27-17-23(13-14-23)16-26-20-7-4-3-5-8-20;1-3-4-15(11-17(20)21-2)14-5-7-16(8-6-14)22-13-18(12-19)9-10-18;1-3-4-11(9-13(15)16-2)10-5-7-12(14)8-6-10;7-6-4-2-1-3-5-6;6-3-5(4-7)1-2-5;/h4-6,8-13,20H,14-18H2,1-2H3;3-5,7-12,19H,13-17H2,1H3,(H,24,25);5-8,15,19H,9-13H2,1-2H3;5-8,11,14H,9H2,1-2H3;1-5,7H;6-7H,1-4H2;1H4. The largest absolute Gasteiger partial charge is 0.508 e. The van der Waals surface area contributed by atoms with Gasteiger partial charge in [-0.05, 0) is 186 Å². The van der Waals surface area contributed by atoms with Crippen LogP contribution < -0.4 is 23.7 Å². The quantitative estimate of drug-likeness (QED) is 0.0139. The Labute approximate surface area is 638 Å². The predicted molar refractivity (Wildman–Crippen MR) is 417 cm³/mol. The highest BCUT2D eigenvalue weighted by molar-refractivity contribution is 5.72. The van der Waals surface area contributed by atoms with Crippen LogP contribution in [0.25, 0.3) is 0 Å². The summed E-state index contributed by atoms with van der Waals surface area (Å²) in [4.78, 5) is 45.2. The van der Waals surface area contributed by atoms with Gasteiger partial charge < -0.3 is 68.5 Å². The Kier molecular flexibility index (Phi) is 37.6. The molecule has 0 saturated heterocycles. The van der Waals surface area contributed by atoms with Crippen LogP contribution in [0.2, 0.25) is 0 Å². The molecule has 0 aromatic heterocycles. The molecule has 4 aliphatic carbocycles. The lowest BCUT2D eigenvalue weighted by Crippen LogP contribution is -2.21. The fourth-order valence-corrected chi connectivity index (χ4v) is 10.5. The molecule has 18 nitrogen and oxygen atoms in total. The maximum absolute atomic E-state index is 11.6. The second-order valence-corrected chi connectivity index (χ2v) is 26.9. The molecule has 4 atom stereocenters. The number of carboxylic acid groups (broad SMARTS) is 1. The number of esters is 3. The van der Waals surface area contributed by atoms with E-state index >= 15 is 0 Å². The summed E-state index contributed by atoms with van der Waals surface area (Å²) in [7, 11) is 4.13. The van der Waals surface area contributed by atoms with Crippen molar-refractivity contribution in [1.82, 2.24) is 0 Å². The highest BCUT2D eigenvalue weighted by atomic mass is 16.5. The Bertz CT molecular complexity index is 4060. The summed E-state index contributed by atoms with van der Waals surface area (Å²) >= 11 is 0. The lowest BCUT2D eigenvalue weighted by Gasteiger charge is -2.18. The maximum atomic E-state index is 11.6. The van der Waals surface area contributed by atoms with Gasteiger partial charge in [-0.3, -0.25) is 19.2 Å². The monoisotopic (exact) mass is 1470 g/mol. The lowest BCUT2D eigenvalue weighted by molar-refractivity contribution is -0.141. The molecular weight excluding hydrogens is 1370 g/mol. The molecule has 0 aliphatic heterocycles. The first-order chi connectivity index (χ1) is 51.7. The van der Waals surface area contributed by atoms with E-state index in [1.165, 1.54) is 21.3 Å². The number of hydrogen-bond donors (Lipinski definition) is 6. The molecule has 4 saturated carbocycles. The molecule has 0 spiro atoms. The molecule has 574 valence electrons. The first-order valence-corrected chi connectivity index (χ1v) is 35.8. The Morgan fingerprint density at radius 3 is 0.778 bits per heavy atom. The zero-order valence-corrected chi connectivity index (χ0v) is 62.4. The van der Waals surface area contributed by atoms with Crippen molar-refractivity contribution >= 4 is 23.9 Å². The number of aliphatic hydroxyl groups excluding tert-OH is 3. The highest BCUT2D eigenvalue weighted by Gasteiger charge is 2.46. The van der Waals surface area contributed by atoms with Crippen LogP contribution in [0.4, 0.5) is 0 Å². The summed E-state index contributed by atoms with van der Waals surface area (Å²) in [6, 6.07) is 58.1.